The van der Waals surface area contributed by atoms with Crippen molar-refractivity contribution in [2.24, 2.45) is 5.92 Å². The molecule has 0 unspecified atom stereocenters. The van der Waals surface area contributed by atoms with Crippen LogP contribution in [0.4, 0.5) is 5.82 Å². The standard InChI is InChI=1S/C17H26N4O/c1-13(2)11-19-17(22)15-10-16(21-12-20-15)18-9-8-14-6-4-3-5-7-14/h6,10,12-13H,3-5,7-9,11H2,1-2H3,(H,19,22)(H,18,20,21). The molecule has 1 aliphatic rings. The first-order chi connectivity index (χ1) is 10.6. The topological polar surface area (TPSA) is 66.9 Å². The molecule has 120 valence electrons. The summed E-state index contributed by atoms with van der Waals surface area (Å²) in [6.45, 7) is 5.62. The van der Waals surface area contributed by atoms with Crippen LogP contribution in [0.1, 0.15) is 56.4 Å². The average Bonchev–Trinajstić information content (AvgIpc) is 2.54. The molecule has 0 bridgehead atoms. The fourth-order valence-electron chi connectivity index (χ4n) is 2.45. The van der Waals surface area contributed by atoms with Gasteiger partial charge in [0.2, 0.25) is 0 Å². The lowest BCUT2D eigenvalue weighted by Gasteiger charge is -2.13. The molecule has 0 radical (unpaired) electrons. The van der Waals surface area contributed by atoms with Crippen molar-refractivity contribution in [2.45, 2.75) is 46.0 Å². The van der Waals surface area contributed by atoms with Gasteiger partial charge in [-0.3, -0.25) is 4.79 Å². The second-order valence-corrected chi connectivity index (χ2v) is 6.18. The van der Waals surface area contributed by atoms with E-state index in [0.29, 0.717) is 24.0 Å². The minimum absolute atomic E-state index is 0.144. The van der Waals surface area contributed by atoms with Crippen LogP contribution in [0.3, 0.4) is 0 Å². The first-order valence-electron chi connectivity index (χ1n) is 8.17. The van der Waals surface area contributed by atoms with Crippen molar-refractivity contribution in [2.75, 3.05) is 18.4 Å². The van der Waals surface area contributed by atoms with E-state index in [1.165, 1.54) is 37.6 Å². The third-order valence-electron chi connectivity index (χ3n) is 3.71. The van der Waals surface area contributed by atoms with Gasteiger partial charge in [-0.25, -0.2) is 9.97 Å². The summed E-state index contributed by atoms with van der Waals surface area (Å²) in [4.78, 5) is 20.2. The number of rotatable bonds is 7. The molecule has 0 saturated carbocycles. The largest absolute Gasteiger partial charge is 0.370 e. The van der Waals surface area contributed by atoms with Crippen LogP contribution >= 0.6 is 0 Å². The first-order valence-corrected chi connectivity index (χ1v) is 8.17. The van der Waals surface area contributed by atoms with E-state index in [4.69, 9.17) is 0 Å². The Labute approximate surface area is 132 Å². The second-order valence-electron chi connectivity index (χ2n) is 6.18. The summed E-state index contributed by atoms with van der Waals surface area (Å²) in [5, 5.41) is 6.15. The quantitative estimate of drug-likeness (QED) is 0.759. The summed E-state index contributed by atoms with van der Waals surface area (Å²) in [5.74, 6) is 0.988. The first kappa shape index (κ1) is 16.5. The van der Waals surface area contributed by atoms with Crippen molar-refractivity contribution in [3.05, 3.63) is 29.7 Å². The molecule has 2 N–H and O–H groups in total. The lowest BCUT2D eigenvalue weighted by atomic mass is 9.97. The summed E-state index contributed by atoms with van der Waals surface area (Å²) < 4.78 is 0. The molecule has 0 atom stereocenters. The van der Waals surface area contributed by atoms with E-state index in [1.54, 1.807) is 6.07 Å². The number of carbonyl (C=O) groups is 1. The minimum Gasteiger partial charge on any atom is -0.370 e. The fourth-order valence-corrected chi connectivity index (χ4v) is 2.45. The van der Waals surface area contributed by atoms with Crippen LogP contribution < -0.4 is 10.6 Å². The number of carbonyl (C=O) groups excluding carboxylic acids is 1. The summed E-state index contributed by atoms with van der Waals surface area (Å²) in [6.07, 6.45) is 9.88. The van der Waals surface area contributed by atoms with Crippen LogP contribution in [-0.2, 0) is 0 Å². The number of amides is 1. The molecule has 1 heterocycles. The van der Waals surface area contributed by atoms with Crippen LogP contribution in [0.2, 0.25) is 0 Å². The number of nitrogens with one attached hydrogen (secondary N) is 2. The number of hydrogen-bond acceptors (Lipinski definition) is 4. The molecule has 0 fully saturated rings. The summed E-state index contributed by atoms with van der Waals surface area (Å²) >= 11 is 0. The molecule has 0 aliphatic heterocycles. The van der Waals surface area contributed by atoms with Gasteiger partial charge in [-0.05, 0) is 38.0 Å². The van der Waals surface area contributed by atoms with E-state index in [0.717, 1.165) is 13.0 Å². The van der Waals surface area contributed by atoms with Gasteiger partial charge in [-0.15, -0.1) is 0 Å². The van der Waals surface area contributed by atoms with Crippen LogP contribution in [0.15, 0.2) is 24.0 Å². The molecule has 1 amide bonds. The Balaban J connectivity index is 1.82. The Morgan fingerprint density at radius 3 is 2.91 bits per heavy atom. The van der Waals surface area contributed by atoms with Crippen molar-refractivity contribution in [1.29, 1.82) is 0 Å². The normalized spacial score (nSPS) is 14.6. The third kappa shape index (κ3) is 5.47. The molecule has 1 aromatic rings. The number of nitrogens with zero attached hydrogens (tertiary/aromatic N) is 2. The molecule has 1 aliphatic carbocycles. The van der Waals surface area contributed by atoms with Gasteiger partial charge in [0.15, 0.2) is 0 Å². The fraction of sp³-hybridized carbons (Fsp3) is 0.588. The van der Waals surface area contributed by atoms with Gasteiger partial charge >= 0.3 is 0 Å². The Hall–Kier alpha value is -1.91. The zero-order valence-electron chi connectivity index (χ0n) is 13.6. The van der Waals surface area contributed by atoms with Gasteiger partial charge in [0.05, 0.1) is 0 Å². The number of anilines is 1. The maximum absolute atomic E-state index is 12.0. The predicted molar refractivity (Wildman–Crippen MR) is 88.9 cm³/mol. The van der Waals surface area contributed by atoms with Crippen molar-refractivity contribution in [3.63, 3.8) is 0 Å². The highest BCUT2D eigenvalue weighted by Gasteiger charge is 2.09. The molecule has 5 nitrogen and oxygen atoms in total. The molecule has 0 aromatic carbocycles. The zero-order valence-corrected chi connectivity index (χ0v) is 13.6. The Kier molecular flexibility index (Phi) is 6.37. The molecule has 22 heavy (non-hydrogen) atoms. The highest BCUT2D eigenvalue weighted by Crippen LogP contribution is 2.19. The SMILES string of the molecule is CC(C)CNC(=O)c1cc(NCCC2=CCCCC2)ncn1. The molecule has 1 aromatic heterocycles. The van der Waals surface area contributed by atoms with Gasteiger partial charge < -0.3 is 10.6 Å². The van der Waals surface area contributed by atoms with Crippen LogP contribution in [0.5, 0.6) is 0 Å². The maximum Gasteiger partial charge on any atom is 0.270 e. The lowest BCUT2D eigenvalue weighted by Crippen LogP contribution is -2.28. The Morgan fingerprint density at radius 1 is 1.32 bits per heavy atom. The summed E-state index contributed by atoms with van der Waals surface area (Å²) in [7, 11) is 0. The van der Waals surface area contributed by atoms with E-state index >= 15 is 0 Å². The molecule has 2 rings (SSSR count). The molecule has 0 spiro atoms. The van der Waals surface area contributed by atoms with Gasteiger partial charge in [-0.2, -0.15) is 0 Å². The van der Waals surface area contributed by atoms with Crippen LogP contribution in [0.25, 0.3) is 0 Å². The van der Waals surface area contributed by atoms with Gasteiger partial charge in [-0.1, -0.05) is 25.5 Å². The van der Waals surface area contributed by atoms with Gasteiger partial charge in [0, 0.05) is 19.2 Å². The van der Waals surface area contributed by atoms with E-state index in [2.05, 4.69) is 40.5 Å². The van der Waals surface area contributed by atoms with E-state index < -0.39 is 0 Å². The van der Waals surface area contributed by atoms with Crippen LogP contribution in [-0.4, -0.2) is 29.0 Å². The molecular weight excluding hydrogens is 276 g/mol. The van der Waals surface area contributed by atoms with Crippen LogP contribution in [0, 0.1) is 5.92 Å². The Bertz CT molecular complexity index is 525. The lowest BCUT2D eigenvalue weighted by molar-refractivity contribution is 0.0944. The smallest absolute Gasteiger partial charge is 0.270 e. The predicted octanol–water partition coefficient (Wildman–Crippen LogP) is 3.16. The molecule has 0 saturated heterocycles. The maximum atomic E-state index is 12.0. The van der Waals surface area contributed by atoms with Crippen molar-refractivity contribution < 1.29 is 4.79 Å². The molecule has 5 heteroatoms. The number of aromatic nitrogens is 2. The average molecular weight is 302 g/mol. The summed E-state index contributed by atoms with van der Waals surface area (Å²) in [5.41, 5.74) is 1.94. The van der Waals surface area contributed by atoms with Crippen molar-refractivity contribution >= 4 is 11.7 Å². The number of hydrogen-bond donors (Lipinski definition) is 2. The highest BCUT2D eigenvalue weighted by molar-refractivity contribution is 5.92. The minimum atomic E-state index is -0.144. The monoisotopic (exact) mass is 302 g/mol. The van der Waals surface area contributed by atoms with E-state index in [-0.39, 0.29) is 5.91 Å². The van der Waals surface area contributed by atoms with Gasteiger partial charge in [0.25, 0.3) is 5.91 Å². The molecular formula is C17H26N4O. The second kappa shape index (κ2) is 8.51. The van der Waals surface area contributed by atoms with Crippen molar-refractivity contribution in [3.8, 4) is 0 Å². The zero-order chi connectivity index (χ0) is 15.8. The summed E-state index contributed by atoms with van der Waals surface area (Å²) in [6, 6.07) is 1.71. The van der Waals surface area contributed by atoms with Crippen molar-refractivity contribution in [1.82, 2.24) is 15.3 Å². The highest BCUT2D eigenvalue weighted by atomic mass is 16.1. The Morgan fingerprint density at radius 2 is 2.18 bits per heavy atom. The number of allylic oxidation sites excluding steroid dienone is 1. The van der Waals surface area contributed by atoms with E-state index in [1.807, 2.05) is 0 Å². The van der Waals surface area contributed by atoms with Gasteiger partial charge in [0.1, 0.15) is 17.8 Å². The third-order valence-corrected chi connectivity index (χ3v) is 3.71. The van der Waals surface area contributed by atoms with E-state index in [9.17, 15) is 4.79 Å².